The van der Waals surface area contributed by atoms with Gasteiger partial charge in [-0.1, -0.05) is 25.7 Å². The molecule has 32 heavy (non-hydrogen) atoms. The summed E-state index contributed by atoms with van der Waals surface area (Å²) < 4.78 is 22.4. The lowest BCUT2D eigenvalue weighted by molar-refractivity contribution is -0.219. The molecule has 0 bridgehead atoms. The normalized spacial score (nSPS) is 48.5. The molecule has 3 N–H and O–H groups in total. The van der Waals surface area contributed by atoms with Crippen molar-refractivity contribution < 1.29 is 23.8 Å². The quantitative estimate of drug-likeness (QED) is 0.622. The molecule has 5 fully saturated rings. The maximum Gasteiger partial charge on any atom is 0.340 e. The summed E-state index contributed by atoms with van der Waals surface area (Å²) in [6, 6.07) is -0.611. The first-order valence-corrected chi connectivity index (χ1v) is 12.5. The minimum absolute atomic E-state index is 0.0385. The molecule has 10 atom stereocenters. The van der Waals surface area contributed by atoms with Crippen molar-refractivity contribution in [1.29, 1.82) is 0 Å². The summed E-state index contributed by atoms with van der Waals surface area (Å²) in [5.41, 5.74) is 5.96. The van der Waals surface area contributed by atoms with Crippen LogP contribution >= 0.6 is 0 Å². The van der Waals surface area contributed by atoms with Crippen molar-refractivity contribution in [2.75, 3.05) is 13.1 Å². The number of rotatable bonds is 2. The second-order valence-electron chi connectivity index (χ2n) is 11.0. The second kappa shape index (κ2) is 7.77. The van der Waals surface area contributed by atoms with Crippen LogP contribution in [0.3, 0.4) is 0 Å². The third-order valence-electron chi connectivity index (χ3n) is 9.36. The highest BCUT2D eigenvalue weighted by molar-refractivity contribution is 6.18. The Bertz CT molecular complexity index is 836. The Morgan fingerprint density at radius 2 is 1.88 bits per heavy atom. The van der Waals surface area contributed by atoms with E-state index in [1.165, 1.54) is 25.7 Å². The van der Waals surface area contributed by atoms with Crippen LogP contribution in [0.1, 0.15) is 51.4 Å². The fraction of sp³-hybridized carbons (Fsp3) is 0.833. The van der Waals surface area contributed by atoms with E-state index in [1.807, 2.05) is 0 Å². The molecule has 8 heteroatoms. The van der Waals surface area contributed by atoms with Crippen molar-refractivity contribution in [3.05, 3.63) is 11.8 Å². The molecule has 3 saturated carbocycles. The zero-order chi connectivity index (χ0) is 22.1. The van der Waals surface area contributed by atoms with E-state index in [9.17, 15) is 14.7 Å². The fourth-order valence-electron chi connectivity index (χ4n) is 7.94. The number of nitrogens with zero attached hydrogens (tertiary/aromatic N) is 2. The molecule has 6 rings (SSSR count). The van der Waals surface area contributed by atoms with Gasteiger partial charge >= 0.3 is 5.97 Å². The summed E-state index contributed by atoms with van der Waals surface area (Å²) in [5.74, 6) is -1.04. The van der Waals surface area contributed by atoms with Crippen LogP contribution < -0.4 is 5.73 Å². The smallest absolute Gasteiger partial charge is 0.340 e. The lowest BCUT2D eigenvalue weighted by Crippen LogP contribution is -2.73. The standard InChI is InChI=1S/C24H34FN3O4/c25-17-9-15-20-23(21(17)27-6-5-14(26)10-27)32-19-8-13-4-2-1-3-12(13)7-18(19)28(20)11-16(22(15)29)24(30)31/h11-15,17-21,23H,1-10,26H2,(H,30,31)/t12?,13?,14-,15?,17?,18?,19?,20?,21?,23?/m1/s1. The fourth-order valence-corrected chi connectivity index (χ4v) is 7.94. The maximum atomic E-state index is 15.7. The molecule has 3 aliphatic carbocycles. The van der Waals surface area contributed by atoms with Crippen molar-refractivity contribution in [2.24, 2.45) is 23.5 Å². The number of carbonyl (C=O) groups is 2. The van der Waals surface area contributed by atoms with E-state index < -0.39 is 36.0 Å². The second-order valence-corrected chi connectivity index (χ2v) is 11.0. The molecule has 0 aromatic rings. The van der Waals surface area contributed by atoms with Crippen molar-refractivity contribution in [1.82, 2.24) is 9.80 Å². The SMILES string of the molecule is N[C@@H]1CCN(C2C(F)CC3C(=O)C(C(=O)O)=CN4C5CC6CCCCC6CC5OC2C34)C1. The molecule has 0 spiro atoms. The van der Waals surface area contributed by atoms with Gasteiger partial charge in [-0.3, -0.25) is 9.69 Å². The third-order valence-corrected chi connectivity index (χ3v) is 9.36. The highest BCUT2D eigenvalue weighted by Gasteiger charge is 2.60. The first-order chi connectivity index (χ1) is 15.4. The van der Waals surface area contributed by atoms with E-state index in [1.54, 1.807) is 6.20 Å². The molecule has 9 unspecified atom stereocenters. The van der Waals surface area contributed by atoms with Crippen molar-refractivity contribution in [2.45, 2.75) is 93.9 Å². The molecule has 2 saturated heterocycles. The average molecular weight is 448 g/mol. The molecule has 3 heterocycles. The van der Waals surface area contributed by atoms with E-state index in [-0.39, 0.29) is 36.2 Å². The van der Waals surface area contributed by atoms with Crippen molar-refractivity contribution >= 4 is 11.8 Å². The van der Waals surface area contributed by atoms with Crippen LogP contribution in [0.15, 0.2) is 11.8 Å². The van der Waals surface area contributed by atoms with Crippen molar-refractivity contribution in [3.8, 4) is 0 Å². The minimum atomic E-state index is -1.23. The molecule has 6 aliphatic rings. The van der Waals surface area contributed by atoms with Crippen LogP contribution in [0.25, 0.3) is 0 Å². The predicted molar refractivity (Wildman–Crippen MR) is 114 cm³/mol. The molecule has 176 valence electrons. The van der Waals surface area contributed by atoms with E-state index in [0.29, 0.717) is 18.4 Å². The third kappa shape index (κ3) is 3.16. The van der Waals surface area contributed by atoms with Crippen LogP contribution in [-0.2, 0) is 14.3 Å². The number of hydrogen-bond acceptors (Lipinski definition) is 6. The number of halogens is 1. The number of carbonyl (C=O) groups excluding carboxylic acids is 1. The van der Waals surface area contributed by atoms with E-state index >= 15 is 4.39 Å². The summed E-state index contributed by atoms with van der Waals surface area (Å²) in [6.45, 7) is 1.39. The monoisotopic (exact) mass is 447 g/mol. The first kappa shape index (κ1) is 21.1. The van der Waals surface area contributed by atoms with Gasteiger partial charge in [0.25, 0.3) is 0 Å². The summed E-state index contributed by atoms with van der Waals surface area (Å²) in [4.78, 5) is 29.3. The number of ketones is 1. The Hall–Kier alpha value is -1.51. The molecule has 0 aromatic carbocycles. The van der Waals surface area contributed by atoms with Gasteiger partial charge in [-0.2, -0.15) is 0 Å². The Kier molecular flexibility index (Phi) is 5.11. The molecular weight excluding hydrogens is 413 g/mol. The molecule has 0 radical (unpaired) electrons. The van der Waals surface area contributed by atoms with E-state index in [0.717, 1.165) is 25.8 Å². The number of alkyl halides is 1. The number of carboxylic acid groups (broad SMARTS) is 1. The summed E-state index contributed by atoms with van der Waals surface area (Å²) in [6.07, 6.45) is 7.66. The van der Waals surface area contributed by atoms with Crippen LogP contribution in [-0.4, -0.2) is 82.3 Å². The van der Waals surface area contributed by atoms with Crippen LogP contribution in [0, 0.1) is 17.8 Å². The van der Waals surface area contributed by atoms with Crippen LogP contribution in [0.2, 0.25) is 0 Å². The van der Waals surface area contributed by atoms with Crippen LogP contribution in [0.5, 0.6) is 0 Å². The number of hydrogen-bond donors (Lipinski definition) is 2. The maximum absolute atomic E-state index is 15.7. The largest absolute Gasteiger partial charge is 0.478 e. The summed E-state index contributed by atoms with van der Waals surface area (Å²) in [5, 5.41) is 9.74. The van der Waals surface area contributed by atoms with E-state index in [2.05, 4.69) is 9.80 Å². The molecule has 3 aliphatic heterocycles. The highest BCUT2D eigenvalue weighted by atomic mass is 19.1. The van der Waals surface area contributed by atoms with Crippen molar-refractivity contribution in [3.63, 3.8) is 0 Å². The number of likely N-dealkylation sites (tertiary alicyclic amines) is 1. The van der Waals surface area contributed by atoms with Gasteiger partial charge in [-0.05, 0) is 37.5 Å². The number of carboxylic acids is 1. The summed E-state index contributed by atoms with van der Waals surface area (Å²) in [7, 11) is 0. The van der Waals surface area contributed by atoms with Gasteiger partial charge in [0.1, 0.15) is 11.7 Å². The Balaban J connectivity index is 1.39. The van der Waals surface area contributed by atoms with Gasteiger partial charge in [0.2, 0.25) is 0 Å². The number of fused-ring (bicyclic) bond motifs is 3. The number of morpholine rings is 1. The zero-order valence-electron chi connectivity index (χ0n) is 18.4. The molecular formula is C24H34FN3O4. The van der Waals surface area contributed by atoms with E-state index in [4.69, 9.17) is 10.5 Å². The van der Waals surface area contributed by atoms with Crippen LogP contribution in [0.4, 0.5) is 4.39 Å². The molecule has 0 aromatic heterocycles. The average Bonchev–Trinajstić information content (AvgIpc) is 3.19. The highest BCUT2D eigenvalue weighted by Crippen LogP contribution is 2.50. The van der Waals surface area contributed by atoms with Gasteiger partial charge in [-0.25, -0.2) is 9.18 Å². The number of nitrogens with two attached hydrogens (primary N) is 1. The topological polar surface area (TPSA) is 96.1 Å². The first-order valence-electron chi connectivity index (χ1n) is 12.5. The molecule has 7 nitrogen and oxygen atoms in total. The number of ether oxygens (including phenoxy) is 1. The Morgan fingerprint density at radius 1 is 1.12 bits per heavy atom. The number of aliphatic carboxylic acids is 1. The van der Waals surface area contributed by atoms with Gasteiger partial charge in [-0.15, -0.1) is 0 Å². The lowest BCUT2D eigenvalue weighted by atomic mass is 9.64. The van der Waals surface area contributed by atoms with Gasteiger partial charge in [0, 0.05) is 31.2 Å². The van der Waals surface area contributed by atoms with Gasteiger partial charge in [0.05, 0.1) is 30.3 Å². The lowest BCUT2D eigenvalue weighted by Gasteiger charge is -2.61. The predicted octanol–water partition coefficient (Wildman–Crippen LogP) is 1.70. The Morgan fingerprint density at radius 3 is 2.56 bits per heavy atom. The summed E-state index contributed by atoms with van der Waals surface area (Å²) >= 11 is 0. The Labute approximate surface area is 188 Å². The van der Waals surface area contributed by atoms with Gasteiger partial charge in [0.15, 0.2) is 5.78 Å². The zero-order valence-corrected chi connectivity index (χ0v) is 18.4. The van der Waals surface area contributed by atoms with Gasteiger partial charge < -0.3 is 20.5 Å². The minimum Gasteiger partial charge on any atom is -0.478 e. The number of Topliss-reactive ketones (excluding diaryl/α,β-unsaturated/α-hetero) is 1. The molecule has 0 amide bonds.